The summed E-state index contributed by atoms with van der Waals surface area (Å²) in [5, 5.41) is 8.01. The predicted octanol–water partition coefficient (Wildman–Crippen LogP) is 3.63. The molecule has 0 aliphatic heterocycles. The van der Waals surface area contributed by atoms with E-state index in [0.29, 0.717) is 6.54 Å². The number of carbonyl (C=O) groups excluding carboxylic acids is 1. The number of anilines is 1. The molecule has 1 aromatic heterocycles. The zero-order valence-corrected chi connectivity index (χ0v) is 13.2. The van der Waals surface area contributed by atoms with Crippen LogP contribution in [-0.4, -0.2) is 19.5 Å². The molecule has 0 saturated heterocycles. The summed E-state index contributed by atoms with van der Waals surface area (Å²) in [5.74, 6) is -0.00641. The average molecular weight is 311 g/mol. The van der Waals surface area contributed by atoms with Crippen LogP contribution in [0.15, 0.2) is 41.8 Å². The van der Waals surface area contributed by atoms with E-state index in [1.165, 1.54) is 4.88 Å². The Morgan fingerprint density at radius 1 is 1.30 bits per heavy atom. The van der Waals surface area contributed by atoms with Gasteiger partial charge in [-0.05, 0) is 36.2 Å². The molecule has 3 nitrogen and oxygen atoms in total. The van der Waals surface area contributed by atoms with Gasteiger partial charge in [-0.1, -0.05) is 25.1 Å². The molecule has 1 aromatic carbocycles. The fraction of sp³-hybridized carbons (Fsp3) is 0.267. The summed E-state index contributed by atoms with van der Waals surface area (Å²) in [6.45, 7) is 2.59. The molecule has 108 valence electrons. The van der Waals surface area contributed by atoms with Gasteiger partial charge < -0.3 is 10.6 Å². The molecule has 2 rings (SSSR count). The van der Waals surface area contributed by atoms with Crippen molar-refractivity contribution in [3.8, 4) is 10.4 Å². The lowest BCUT2D eigenvalue weighted by molar-refractivity contribution is -0.119. The van der Waals surface area contributed by atoms with Gasteiger partial charge in [0.25, 0.3) is 0 Å². The van der Waals surface area contributed by atoms with Gasteiger partial charge in [-0.15, -0.1) is 23.7 Å². The summed E-state index contributed by atoms with van der Waals surface area (Å²) in [5.41, 5.74) is 1.98. The second-order valence-corrected chi connectivity index (χ2v) is 5.45. The van der Waals surface area contributed by atoms with Crippen molar-refractivity contribution in [2.24, 2.45) is 5.92 Å². The molecule has 2 N–H and O–H groups in total. The van der Waals surface area contributed by atoms with E-state index in [1.54, 1.807) is 11.3 Å². The molecule has 2 aromatic rings. The number of hydrogen-bond acceptors (Lipinski definition) is 3. The Morgan fingerprint density at radius 2 is 2.10 bits per heavy atom. The number of benzene rings is 1. The maximum atomic E-state index is 12.0. The second kappa shape index (κ2) is 8.04. The first-order valence-corrected chi connectivity index (χ1v) is 7.18. The second-order valence-electron chi connectivity index (χ2n) is 4.51. The Kier molecular flexibility index (Phi) is 6.71. The molecular formula is C15H19ClN2OS. The van der Waals surface area contributed by atoms with Crippen molar-refractivity contribution in [3.63, 3.8) is 0 Å². The lowest BCUT2D eigenvalue weighted by atomic mass is 10.1. The van der Waals surface area contributed by atoms with Crippen LogP contribution in [0.25, 0.3) is 10.4 Å². The summed E-state index contributed by atoms with van der Waals surface area (Å²) in [6.07, 6.45) is 0. The zero-order valence-electron chi connectivity index (χ0n) is 11.6. The van der Waals surface area contributed by atoms with Gasteiger partial charge in [0.15, 0.2) is 0 Å². The van der Waals surface area contributed by atoms with Crippen molar-refractivity contribution >= 4 is 35.3 Å². The molecule has 20 heavy (non-hydrogen) atoms. The third kappa shape index (κ3) is 4.34. The molecule has 0 radical (unpaired) electrons. The molecule has 0 aliphatic rings. The Balaban J connectivity index is 0.00000200. The Hall–Kier alpha value is -1.36. The van der Waals surface area contributed by atoms with E-state index in [1.807, 2.05) is 38.2 Å². The number of nitrogens with one attached hydrogen (secondary N) is 2. The van der Waals surface area contributed by atoms with Crippen molar-refractivity contribution in [3.05, 3.63) is 41.8 Å². The standard InChI is InChI=1S/C15H18N2OS.ClH/c1-11(10-16-2)15(18)17-13-6-3-5-12(9-13)14-7-4-8-19-14;/h3-9,11,16H,10H2,1-2H3,(H,17,18);1H. The SMILES string of the molecule is CNCC(C)C(=O)Nc1cccc(-c2cccs2)c1.Cl. The van der Waals surface area contributed by atoms with Crippen molar-refractivity contribution in [1.82, 2.24) is 5.32 Å². The predicted molar refractivity (Wildman–Crippen MR) is 88.7 cm³/mol. The van der Waals surface area contributed by atoms with Crippen LogP contribution in [-0.2, 0) is 4.79 Å². The molecular weight excluding hydrogens is 292 g/mol. The van der Waals surface area contributed by atoms with Crippen LogP contribution in [0.3, 0.4) is 0 Å². The van der Waals surface area contributed by atoms with Gasteiger partial charge in [0.1, 0.15) is 0 Å². The highest BCUT2D eigenvalue weighted by Crippen LogP contribution is 2.26. The maximum absolute atomic E-state index is 12.0. The molecule has 0 spiro atoms. The minimum atomic E-state index is -0.0459. The van der Waals surface area contributed by atoms with Crippen molar-refractivity contribution in [2.45, 2.75) is 6.92 Å². The van der Waals surface area contributed by atoms with Crippen molar-refractivity contribution in [1.29, 1.82) is 0 Å². The van der Waals surface area contributed by atoms with Gasteiger partial charge in [0.05, 0.1) is 0 Å². The first-order chi connectivity index (χ1) is 9.20. The number of amides is 1. The van der Waals surface area contributed by atoms with Gasteiger partial charge in [-0.25, -0.2) is 0 Å². The van der Waals surface area contributed by atoms with Crippen molar-refractivity contribution < 1.29 is 4.79 Å². The van der Waals surface area contributed by atoms with Gasteiger partial charge in [-0.3, -0.25) is 4.79 Å². The lowest BCUT2D eigenvalue weighted by Gasteiger charge is -2.12. The normalized spacial score (nSPS) is 11.5. The van der Waals surface area contributed by atoms with Crippen LogP contribution in [0.2, 0.25) is 0 Å². The Bertz CT molecular complexity index is 543. The summed E-state index contributed by atoms with van der Waals surface area (Å²) in [7, 11) is 1.85. The Morgan fingerprint density at radius 3 is 2.75 bits per heavy atom. The summed E-state index contributed by atoms with van der Waals surface area (Å²) < 4.78 is 0. The molecule has 1 atom stereocenters. The van der Waals surface area contributed by atoms with E-state index >= 15 is 0 Å². The molecule has 0 aliphatic carbocycles. The fourth-order valence-electron chi connectivity index (χ4n) is 1.86. The molecule has 1 heterocycles. The first-order valence-electron chi connectivity index (χ1n) is 6.30. The smallest absolute Gasteiger partial charge is 0.228 e. The van der Waals surface area contributed by atoms with Crippen LogP contribution in [0, 0.1) is 5.92 Å². The third-order valence-corrected chi connectivity index (χ3v) is 3.81. The lowest BCUT2D eigenvalue weighted by Crippen LogP contribution is -2.28. The van der Waals surface area contributed by atoms with Crippen LogP contribution in [0.1, 0.15) is 6.92 Å². The van der Waals surface area contributed by atoms with E-state index in [9.17, 15) is 4.79 Å². The van der Waals surface area contributed by atoms with Gasteiger partial charge in [0.2, 0.25) is 5.91 Å². The molecule has 0 saturated carbocycles. The summed E-state index contributed by atoms with van der Waals surface area (Å²) >= 11 is 1.70. The van der Waals surface area contributed by atoms with E-state index in [-0.39, 0.29) is 24.2 Å². The van der Waals surface area contributed by atoms with Gasteiger partial charge >= 0.3 is 0 Å². The molecule has 1 unspecified atom stereocenters. The minimum Gasteiger partial charge on any atom is -0.326 e. The number of thiophene rings is 1. The van der Waals surface area contributed by atoms with Crippen LogP contribution in [0.5, 0.6) is 0 Å². The highest BCUT2D eigenvalue weighted by Gasteiger charge is 2.12. The quantitative estimate of drug-likeness (QED) is 0.885. The van der Waals surface area contributed by atoms with Crippen LogP contribution in [0.4, 0.5) is 5.69 Å². The van der Waals surface area contributed by atoms with Crippen LogP contribution >= 0.6 is 23.7 Å². The first kappa shape index (κ1) is 16.7. The minimum absolute atomic E-state index is 0. The molecule has 0 bridgehead atoms. The van der Waals surface area contributed by atoms with E-state index in [4.69, 9.17) is 0 Å². The monoisotopic (exact) mass is 310 g/mol. The molecule has 1 amide bonds. The van der Waals surface area contributed by atoms with Gasteiger partial charge in [-0.2, -0.15) is 0 Å². The molecule has 5 heteroatoms. The average Bonchev–Trinajstić information content (AvgIpc) is 2.93. The summed E-state index contributed by atoms with van der Waals surface area (Å²) in [6, 6.07) is 12.1. The van der Waals surface area contributed by atoms with E-state index in [0.717, 1.165) is 11.3 Å². The fourth-order valence-corrected chi connectivity index (χ4v) is 2.58. The number of carbonyl (C=O) groups is 1. The number of rotatable bonds is 5. The topological polar surface area (TPSA) is 41.1 Å². The van der Waals surface area contributed by atoms with Crippen molar-refractivity contribution in [2.75, 3.05) is 18.9 Å². The van der Waals surface area contributed by atoms with Gasteiger partial charge in [0, 0.05) is 23.0 Å². The largest absolute Gasteiger partial charge is 0.326 e. The third-order valence-electron chi connectivity index (χ3n) is 2.89. The summed E-state index contributed by atoms with van der Waals surface area (Å²) in [4.78, 5) is 13.2. The van der Waals surface area contributed by atoms with E-state index < -0.39 is 0 Å². The van der Waals surface area contributed by atoms with Crippen LogP contribution < -0.4 is 10.6 Å². The molecule has 0 fully saturated rings. The zero-order chi connectivity index (χ0) is 13.7. The highest BCUT2D eigenvalue weighted by molar-refractivity contribution is 7.13. The number of halogens is 1. The van der Waals surface area contributed by atoms with E-state index in [2.05, 4.69) is 28.1 Å². The number of hydrogen-bond donors (Lipinski definition) is 2. The maximum Gasteiger partial charge on any atom is 0.228 e. The highest BCUT2D eigenvalue weighted by atomic mass is 35.5. The Labute approximate surface area is 129 Å².